The molecule has 0 aliphatic carbocycles. The van der Waals surface area contributed by atoms with Crippen LogP contribution in [0.15, 0.2) is 35.8 Å². The first-order valence-corrected chi connectivity index (χ1v) is 5.78. The quantitative estimate of drug-likeness (QED) is 0.474. The number of aromatic nitrogens is 1. The minimum absolute atomic E-state index is 0.350. The molecular weight excluding hydrogens is 238 g/mol. The molecule has 1 aromatic carbocycles. The fraction of sp³-hybridized carbons (Fsp3) is 0.0833. The maximum Gasteiger partial charge on any atom is 0.379 e. The van der Waals surface area contributed by atoms with Crippen LogP contribution in [0.25, 0.3) is 10.6 Å². The average Bonchev–Trinajstić information content (AvgIpc) is 2.83. The van der Waals surface area contributed by atoms with Crippen LogP contribution in [0.5, 0.6) is 5.75 Å². The number of nitrogens with zero attached hydrogens (tertiary/aromatic N) is 1. The molecule has 0 aliphatic heterocycles. The predicted octanol–water partition coefficient (Wildman–Crippen LogP) is 2.30. The summed E-state index contributed by atoms with van der Waals surface area (Å²) in [6, 6.07) is 6.99. The van der Waals surface area contributed by atoms with E-state index in [4.69, 9.17) is 4.74 Å². The van der Waals surface area contributed by atoms with E-state index in [1.165, 1.54) is 18.3 Å². The van der Waals surface area contributed by atoms with Gasteiger partial charge in [-0.3, -0.25) is 4.79 Å². The van der Waals surface area contributed by atoms with Crippen molar-refractivity contribution in [3.8, 4) is 16.3 Å². The van der Waals surface area contributed by atoms with Gasteiger partial charge in [-0.15, -0.1) is 11.3 Å². The van der Waals surface area contributed by atoms with Crippen molar-refractivity contribution in [2.75, 3.05) is 0 Å². The van der Waals surface area contributed by atoms with Crippen LogP contribution in [0.1, 0.15) is 6.92 Å². The second-order valence-electron chi connectivity index (χ2n) is 3.28. The third kappa shape index (κ3) is 2.57. The summed E-state index contributed by atoms with van der Waals surface area (Å²) in [7, 11) is 0. The summed E-state index contributed by atoms with van der Waals surface area (Å²) in [5.41, 5.74) is 0.706. The maximum atomic E-state index is 11.2. The van der Waals surface area contributed by atoms with Crippen LogP contribution in [-0.2, 0) is 9.59 Å². The molecule has 4 nitrogen and oxygen atoms in total. The number of carbonyl (C=O) groups is 2. The fourth-order valence-electron chi connectivity index (χ4n) is 1.26. The Hall–Kier alpha value is -2.01. The third-order valence-electron chi connectivity index (χ3n) is 2.04. The first kappa shape index (κ1) is 11.5. The molecule has 2 aromatic rings. The molecule has 0 radical (unpaired) electrons. The summed E-state index contributed by atoms with van der Waals surface area (Å²) >= 11 is 1.44. The number of rotatable bonds is 3. The molecule has 0 fully saturated rings. The number of hydrogen-bond acceptors (Lipinski definition) is 5. The molecule has 0 bridgehead atoms. The van der Waals surface area contributed by atoms with Crippen LogP contribution >= 0.6 is 11.3 Å². The summed E-state index contributed by atoms with van der Waals surface area (Å²) < 4.78 is 5.01. The second kappa shape index (κ2) is 4.88. The van der Waals surface area contributed by atoms with Gasteiger partial charge in [-0.25, -0.2) is 9.78 Å². The Labute approximate surface area is 102 Å². The monoisotopic (exact) mass is 247 g/mol. The normalized spacial score (nSPS) is 9.94. The first-order valence-electron chi connectivity index (χ1n) is 4.90. The number of para-hydroxylation sites is 1. The zero-order valence-electron chi connectivity index (χ0n) is 9.04. The Morgan fingerprint density at radius 1 is 1.29 bits per heavy atom. The van der Waals surface area contributed by atoms with E-state index in [2.05, 4.69) is 4.98 Å². The lowest BCUT2D eigenvalue weighted by atomic mass is 10.2. The van der Waals surface area contributed by atoms with Crippen LogP contribution in [0.2, 0.25) is 0 Å². The fourth-order valence-corrected chi connectivity index (χ4v) is 1.93. The largest absolute Gasteiger partial charge is 0.420 e. The summed E-state index contributed by atoms with van der Waals surface area (Å²) in [6.07, 6.45) is 1.67. The van der Waals surface area contributed by atoms with Crippen LogP contribution in [0.3, 0.4) is 0 Å². The SMILES string of the molecule is CC(=O)C(=O)Oc1ccccc1-c1nccs1. The number of ketones is 1. The van der Waals surface area contributed by atoms with Gasteiger partial charge in [0.15, 0.2) is 0 Å². The van der Waals surface area contributed by atoms with Crippen molar-refractivity contribution < 1.29 is 14.3 Å². The molecule has 0 atom stereocenters. The topological polar surface area (TPSA) is 56.3 Å². The number of hydrogen-bond donors (Lipinski definition) is 0. The van der Waals surface area contributed by atoms with Crippen molar-refractivity contribution in [2.45, 2.75) is 6.92 Å². The molecule has 0 N–H and O–H groups in total. The summed E-state index contributed by atoms with van der Waals surface area (Å²) in [5, 5.41) is 2.58. The Balaban J connectivity index is 2.35. The zero-order chi connectivity index (χ0) is 12.3. The second-order valence-corrected chi connectivity index (χ2v) is 4.17. The minimum atomic E-state index is -0.867. The third-order valence-corrected chi connectivity index (χ3v) is 2.85. The van der Waals surface area contributed by atoms with E-state index in [0.29, 0.717) is 11.3 Å². The molecule has 5 heteroatoms. The highest BCUT2D eigenvalue weighted by molar-refractivity contribution is 7.13. The summed E-state index contributed by atoms with van der Waals surface area (Å²) in [4.78, 5) is 26.2. The lowest BCUT2D eigenvalue weighted by Gasteiger charge is -2.06. The lowest BCUT2D eigenvalue weighted by molar-refractivity contribution is -0.146. The predicted molar refractivity (Wildman–Crippen MR) is 63.9 cm³/mol. The Morgan fingerprint density at radius 3 is 2.71 bits per heavy atom. The van der Waals surface area contributed by atoms with Crippen molar-refractivity contribution in [2.24, 2.45) is 0 Å². The van der Waals surface area contributed by atoms with Crippen molar-refractivity contribution in [3.05, 3.63) is 35.8 Å². The average molecular weight is 247 g/mol. The molecule has 0 saturated heterocycles. The minimum Gasteiger partial charge on any atom is -0.420 e. The standard InChI is InChI=1S/C12H9NO3S/c1-8(14)12(15)16-10-5-3-2-4-9(10)11-13-6-7-17-11/h2-7H,1H3. The van der Waals surface area contributed by atoms with E-state index < -0.39 is 11.8 Å². The van der Waals surface area contributed by atoms with Crippen molar-refractivity contribution in [3.63, 3.8) is 0 Å². The van der Waals surface area contributed by atoms with Crippen molar-refractivity contribution in [1.82, 2.24) is 4.98 Å². The summed E-state index contributed by atoms with van der Waals surface area (Å²) in [6.45, 7) is 1.17. The number of ether oxygens (including phenoxy) is 1. The number of thiazole rings is 1. The van der Waals surface area contributed by atoms with Crippen LogP contribution in [0.4, 0.5) is 0 Å². The molecule has 1 heterocycles. The lowest BCUT2D eigenvalue weighted by Crippen LogP contribution is -2.17. The highest BCUT2D eigenvalue weighted by atomic mass is 32.1. The molecular formula is C12H9NO3S. The highest BCUT2D eigenvalue weighted by Gasteiger charge is 2.14. The number of Topliss-reactive ketones (excluding diaryl/α,β-unsaturated/α-hetero) is 1. The van der Waals surface area contributed by atoms with Crippen LogP contribution < -0.4 is 4.74 Å². The van der Waals surface area contributed by atoms with Gasteiger partial charge in [0.2, 0.25) is 5.78 Å². The first-order chi connectivity index (χ1) is 8.18. The van der Waals surface area contributed by atoms with E-state index in [-0.39, 0.29) is 0 Å². The van der Waals surface area contributed by atoms with Crippen LogP contribution in [0, 0.1) is 0 Å². The van der Waals surface area contributed by atoms with Gasteiger partial charge < -0.3 is 4.74 Å². The van der Waals surface area contributed by atoms with Gasteiger partial charge >= 0.3 is 5.97 Å². The van der Waals surface area contributed by atoms with E-state index in [1.807, 2.05) is 11.4 Å². The van der Waals surface area contributed by atoms with Crippen LogP contribution in [-0.4, -0.2) is 16.7 Å². The summed E-state index contributed by atoms with van der Waals surface area (Å²) in [5.74, 6) is -1.14. The molecule has 2 rings (SSSR count). The van der Waals surface area contributed by atoms with Gasteiger partial charge in [0.1, 0.15) is 10.8 Å². The Morgan fingerprint density at radius 2 is 2.06 bits per heavy atom. The molecule has 0 spiro atoms. The maximum absolute atomic E-state index is 11.2. The van der Waals surface area contributed by atoms with Gasteiger partial charge in [-0.05, 0) is 12.1 Å². The Kier molecular flexibility index (Phi) is 3.30. The molecule has 0 saturated carbocycles. The number of benzene rings is 1. The Bertz CT molecular complexity index is 549. The van der Waals surface area contributed by atoms with E-state index >= 15 is 0 Å². The zero-order valence-corrected chi connectivity index (χ0v) is 9.86. The van der Waals surface area contributed by atoms with E-state index in [1.54, 1.807) is 24.4 Å². The molecule has 0 amide bonds. The molecule has 0 unspecified atom stereocenters. The number of esters is 1. The smallest absolute Gasteiger partial charge is 0.379 e. The molecule has 0 aliphatic rings. The van der Waals surface area contributed by atoms with Gasteiger partial charge in [-0.2, -0.15) is 0 Å². The van der Waals surface area contributed by atoms with E-state index in [9.17, 15) is 9.59 Å². The number of carbonyl (C=O) groups excluding carboxylic acids is 2. The van der Waals surface area contributed by atoms with Gasteiger partial charge in [-0.1, -0.05) is 12.1 Å². The van der Waals surface area contributed by atoms with Gasteiger partial charge in [0.25, 0.3) is 0 Å². The van der Waals surface area contributed by atoms with Gasteiger partial charge in [0, 0.05) is 18.5 Å². The molecule has 1 aromatic heterocycles. The van der Waals surface area contributed by atoms with Crippen molar-refractivity contribution in [1.29, 1.82) is 0 Å². The van der Waals surface area contributed by atoms with Crippen molar-refractivity contribution >= 4 is 23.1 Å². The molecule has 86 valence electrons. The molecule has 17 heavy (non-hydrogen) atoms. The van der Waals surface area contributed by atoms with E-state index in [0.717, 1.165) is 5.01 Å². The highest BCUT2D eigenvalue weighted by Crippen LogP contribution is 2.31. The van der Waals surface area contributed by atoms with Gasteiger partial charge in [0.05, 0.1) is 5.56 Å².